The van der Waals surface area contributed by atoms with E-state index in [0.717, 1.165) is 25.7 Å². The standard InChI is InChI=1S/C21H32F2N4O3/c1-4-24-20(26-14-21(11-5-6-12-21)18(29)27(2)3)25-13-17(28)15-7-9-16(10-8-15)30-19(22)23/h7-10,17,19,28H,4-6,11-14H2,1-3H3,(H2,24,25,26). The van der Waals surface area contributed by atoms with Crippen LogP contribution in [0, 0.1) is 5.41 Å². The first-order valence-electron chi connectivity index (χ1n) is 10.2. The number of ether oxygens (including phenoxy) is 1. The van der Waals surface area contributed by atoms with E-state index in [-0.39, 0.29) is 18.2 Å². The Morgan fingerprint density at radius 1 is 1.23 bits per heavy atom. The Morgan fingerprint density at radius 2 is 1.87 bits per heavy atom. The highest BCUT2D eigenvalue weighted by Crippen LogP contribution is 2.39. The Hall–Kier alpha value is -2.42. The zero-order chi connectivity index (χ0) is 22.1. The summed E-state index contributed by atoms with van der Waals surface area (Å²) in [5.74, 6) is 0.661. The molecule has 0 heterocycles. The fraction of sp³-hybridized carbons (Fsp3) is 0.619. The normalized spacial score (nSPS) is 17.0. The molecule has 0 saturated heterocycles. The predicted octanol–water partition coefficient (Wildman–Crippen LogP) is 2.53. The van der Waals surface area contributed by atoms with Crippen LogP contribution in [0.25, 0.3) is 0 Å². The van der Waals surface area contributed by atoms with Gasteiger partial charge in [-0.05, 0) is 37.5 Å². The summed E-state index contributed by atoms with van der Waals surface area (Å²) in [5.41, 5.74) is 0.0976. The van der Waals surface area contributed by atoms with Gasteiger partial charge in [-0.25, -0.2) is 0 Å². The number of nitrogens with one attached hydrogen (secondary N) is 2. The van der Waals surface area contributed by atoms with Crippen molar-refractivity contribution in [3.8, 4) is 5.75 Å². The number of carbonyl (C=O) groups excluding carboxylic acids is 1. The highest BCUT2D eigenvalue weighted by Gasteiger charge is 2.42. The van der Waals surface area contributed by atoms with Crippen LogP contribution in [0.1, 0.15) is 44.3 Å². The average Bonchev–Trinajstić information content (AvgIpc) is 3.19. The molecule has 1 amide bonds. The van der Waals surface area contributed by atoms with E-state index in [1.54, 1.807) is 19.0 Å². The Morgan fingerprint density at radius 3 is 2.40 bits per heavy atom. The molecule has 1 aliphatic carbocycles. The zero-order valence-corrected chi connectivity index (χ0v) is 17.8. The van der Waals surface area contributed by atoms with Crippen molar-refractivity contribution in [1.82, 2.24) is 15.5 Å². The second-order valence-electron chi connectivity index (χ2n) is 7.73. The molecule has 1 saturated carbocycles. The highest BCUT2D eigenvalue weighted by molar-refractivity contribution is 5.84. The van der Waals surface area contributed by atoms with E-state index in [1.165, 1.54) is 24.3 Å². The summed E-state index contributed by atoms with van der Waals surface area (Å²) in [5, 5.41) is 16.6. The lowest BCUT2D eigenvalue weighted by Gasteiger charge is -2.29. The van der Waals surface area contributed by atoms with Crippen LogP contribution in [0.5, 0.6) is 5.75 Å². The summed E-state index contributed by atoms with van der Waals surface area (Å²) < 4.78 is 28.8. The van der Waals surface area contributed by atoms with Gasteiger partial charge in [0.2, 0.25) is 5.91 Å². The third kappa shape index (κ3) is 6.55. The first-order chi connectivity index (χ1) is 14.3. The van der Waals surface area contributed by atoms with Crippen LogP contribution in [0.4, 0.5) is 8.78 Å². The molecule has 0 radical (unpaired) electrons. The number of guanidine groups is 1. The van der Waals surface area contributed by atoms with Crippen molar-refractivity contribution >= 4 is 11.9 Å². The Kier molecular flexibility index (Phi) is 8.83. The molecular formula is C21H32F2N4O3. The molecule has 1 aromatic rings. The number of aliphatic hydroxyl groups excluding tert-OH is 1. The molecule has 30 heavy (non-hydrogen) atoms. The Bertz CT molecular complexity index is 705. The van der Waals surface area contributed by atoms with Crippen molar-refractivity contribution in [1.29, 1.82) is 0 Å². The molecule has 1 fully saturated rings. The maximum absolute atomic E-state index is 12.7. The lowest BCUT2D eigenvalue weighted by molar-refractivity contribution is -0.138. The van der Waals surface area contributed by atoms with E-state index in [1.807, 2.05) is 6.92 Å². The molecule has 9 heteroatoms. The summed E-state index contributed by atoms with van der Waals surface area (Å²) in [6.45, 7) is 0.246. The lowest BCUT2D eigenvalue weighted by atomic mass is 9.85. The molecule has 1 aliphatic rings. The SMILES string of the molecule is CCNC(=NCC1(C(=O)N(C)C)CCCC1)NCC(O)c1ccc(OC(F)F)cc1. The van der Waals surface area contributed by atoms with Crippen LogP contribution in [0.2, 0.25) is 0 Å². The van der Waals surface area contributed by atoms with E-state index >= 15 is 0 Å². The molecule has 1 unspecified atom stereocenters. The van der Waals surface area contributed by atoms with Crippen LogP contribution >= 0.6 is 0 Å². The molecule has 168 valence electrons. The average molecular weight is 427 g/mol. The molecule has 0 aromatic heterocycles. The molecule has 1 aromatic carbocycles. The predicted molar refractivity (Wildman–Crippen MR) is 112 cm³/mol. The zero-order valence-electron chi connectivity index (χ0n) is 17.8. The van der Waals surface area contributed by atoms with Crippen LogP contribution in [0.3, 0.4) is 0 Å². The number of carbonyl (C=O) groups is 1. The van der Waals surface area contributed by atoms with Crippen LogP contribution in [-0.4, -0.2) is 62.2 Å². The first-order valence-corrected chi connectivity index (χ1v) is 10.2. The van der Waals surface area contributed by atoms with E-state index in [0.29, 0.717) is 24.6 Å². The van der Waals surface area contributed by atoms with Gasteiger partial charge in [-0.2, -0.15) is 8.78 Å². The summed E-state index contributed by atoms with van der Waals surface area (Å²) in [6.07, 6.45) is 2.82. The van der Waals surface area contributed by atoms with Gasteiger partial charge in [0.25, 0.3) is 0 Å². The second-order valence-corrected chi connectivity index (χ2v) is 7.73. The number of hydrogen-bond acceptors (Lipinski definition) is 4. The minimum atomic E-state index is -2.89. The molecule has 0 aliphatic heterocycles. The van der Waals surface area contributed by atoms with Gasteiger partial charge in [0.15, 0.2) is 5.96 Å². The molecule has 2 rings (SSSR count). The number of rotatable bonds is 9. The summed E-state index contributed by atoms with van der Waals surface area (Å²) >= 11 is 0. The van der Waals surface area contributed by atoms with Crippen molar-refractivity contribution in [2.24, 2.45) is 10.4 Å². The quantitative estimate of drug-likeness (QED) is 0.417. The van der Waals surface area contributed by atoms with Crippen molar-refractivity contribution in [3.05, 3.63) is 29.8 Å². The molecular weight excluding hydrogens is 394 g/mol. The number of aliphatic imine (C=N–C) groups is 1. The summed E-state index contributed by atoms with van der Waals surface area (Å²) in [4.78, 5) is 18.9. The van der Waals surface area contributed by atoms with Crippen molar-refractivity contribution < 1.29 is 23.4 Å². The van der Waals surface area contributed by atoms with E-state index in [4.69, 9.17) is 0 Å². The van der Waals surface area contributed by atoms with Gasteiger partial charge in [0, 0.05) is 27.2 Å². The van der Waals surface area contributed by atoms with Gasteiger partial charge in [0.1, 0.15) is 5.75 Å². The van der Waals surface area contributed by atoms with Crippen LogP contribution < -0.4 is 15.4 Å². The van der Waals surface area contributed by atoms with Crippen molar-refractivity contribution in [2.45, 2.75) is 45.3 Å². The minimum absolute atomic E-state index is 0.0382. The number of aliphatic hydroxyl groups is 1. The van der Waals surface area contributed by atoms with Gasteiger partial charge in [-0.1, -0.05) is 25.0 Å². The van der Waals surface area contributed by atoms with Gasteiger partial charge in [-0.15, -0.1) is 0 Å². The van der Waals surface area contributed by atoms with Gasteiger partial charge in [-0.3, -0.25) is 9.79 Å². The Labute approximate surface area is 176 Å². The molecule has 1 atom stereocenters. The fourth-order valence-corrected chi connectivity index (χ4v) is 3.72. The first kappa shape index (κ1) is 23.9. The van der Waals surface area contributed by atoms with Gasteiger partial charge < -0.3 is 25.4 Å². The highest BCUT2D eigenvalue weighted by atomic mass is 19.3. The van der Waals surface area contributed by atoms with Crippen LogP contribution in [0.15, 0.2) is 29.3 Å². The summed E-state index contributed by atoms with van der Waals surface area (Å²) in [7, 11) is 3.53. The maximum atomic E-state index is 12.7. The van der Waals surface area contributed by atoms with E-state index in [9.17, 15) is 18.7 Å². The number of amides is 1. The van der Waals surface area contributed by atoms with E-state index in [2.05, 4.69) is 20.4 Å². The summed E-state index contributed by atoms with van der Waals surface area (Å²) in [6, 6.07) is 5.86. The second kappa shape index (κ2) is 11.1. The molecule has 0 bridgehead atoms. The van der Waals surface area contributed by atoms with Crippen LogP contribution in [-0.2, 0) is 4.79 Å². The number of alkyl halides is 2. The Balaban J connectivity index is 1.99. The molecule has 0 spiro atoms. The van der Waals surface area contributed by atoms with E-state index < -0.39 is 18.1 Å². The lowest BCUT2D eigenvalue weighted by Crippen LogP contribution is -2.43. The van der Waals surface area contributed by atoms with Gasteiger partial charge >= 0.3 is 6.61 Å². The number of halogens is 2. The largest absolute Gasteiger partial charge is 0.435 e. The third-order valence-corrected chi connectivity index (χ3v) is 5.26. The van der Waals surface area contributed by atoms with Crippen molar-refractivity contribution in [2.75, 3.05) is 33.7 Å². The number of hydrogen-bond donors (Lipinski definition) is 3. The monoisotopic (exact) mass is 426 g/mol. The third-order valence-electron chi connectivity index (χ3n) is 5.26. The topological polar surface area (TPSA) is 86.2 Å². The number of benzene rings is 1. The smallest absolute Gasteiger partial charge is 0.387 e. The molecule has 7 nitrogen and oxygen atoms in total. The fourth-order valence-electron chi connectivity index (χ4n) is 3.72. The minimum Gasteiger partial charge on any atom is -0.435 e. The van der Waals surface area contributed by atoms with Crippen molar-refractivity contribution in [3.63, 3.8) is 0 Å². The van der Waals surface area contributed by atoms with Gasteiger partial charge in [0.05, 0.1) is 18.1 Å². The maximum Gasteiger partial charge on any atom is 0.387 e. The molecule has 3 N–H and O–H groups in total. The number of nitrogens with zero attached hydrogens (tertiary/aromatic N) is 2.